The van der Waals surface area contributed by atoms with Crippen molar-refractivity contribution < 1.29 is 21.1 Å². The van der Waals surface area contributed by atoms with E-state index in [1.165, 1.54) is 0 Å². The minimum atomic E-state index is 0. The van der Waals surface area contributed by atoms with Crippen LogP contribution in [-0.2, 0) is 21.1 Å². The van der Waals surface area contributed by atoms with E-state index in [0.29, 0.717) is 0 Å². The molecule has 0 aliphatic rings. The average molecular weight is 320 g/mol. The van der Waals surface area contributed by atoms with Crippen molar-refractivity contribution in [3.05, 3.63) is 23.6 Å². The number of nitrogens with zero attached hydrogens (tertiary/aromatic N) is 2. The SMILES string of the molecule is CCN=c1c[c-]nc(C)[nH]1.[W+2]. The van der Waals surface area contributed by atoms with Gasteiger partial charge in [0.2, 0.25) is 0 Å². The number of rotatable bonds is 1. The van der Waals surface area contributed by atoms with Gasteiger partial charge in [-0.25, -0.2) is 0 Å². The molecule has 0 radical (unpaired) electrons. The van der Waals surface area contributed by atoms with E-state index in [0.717, 1.165) is 17.9 Å². The summed E-state index contributed by atoms with van der Waals surface area (Å²) >= 11 is 0. The molecule has 0 aromatic carbocycles. The first-order valence-electron chi connectivity index (χ1n) is 3.27. The summed E-state index contributed by atoms with van der Waals surface area (Å²) in [5, 5.41) is 0. The third-order valence-electron chi connectivity index (χ3n) is 1.07. The van der Waals surface area contributed by atoms with Crippen LogP contribution < -0.4 is 5.49 Å². The molecule has 1 heterocycles. The van der Waals surface area contributed by atoms with Crippen molar-refractivity contribution in [2.75, 3.05) is 6.54 Å². The maximum Gasteiger partial charge on any atom is 2.00 e. The molecule has 58 valence electrons. The van der Waals surface area contributed by atoms with Gasteiger partial charge in [-0.15, -0.1) is 6.07 Å². The van der Waals surface area contributed by atoms with Gasteiger partial charge in [-0.05, 0) is 12.7 Å². The van der Waals surface area contributed by atoms with E-state index >= 15 is 0 Å². The molecular formula is C7H10N3W+. The second-order valence-electron chi connectivity index (χ2n) is 1.96. The summed E-state index contributed by atoms with van der Waals surface area (Å²) in [7, 11) is 0. The molecule has 1 rings (SSSR count). The second-order valence-corrected chi connectivity index (χ2v) is 1.96. The van der Waals surface area contributed by atoms with E-state index in [1.807, 2.05) is 13.8 Å². The van der Waals surface area contributed by atoms with Crippen molar-refractivity contribution in [2.45, 2.75) is 13.8 Å². The van der Waals surface area contributed by atoms with Gasteiger partial charge in [0.1, 0.15) is 0 Å². The largest absolute Gasteiger partial charge is 2.00 e. The van der Waals surface area contributed by atoms with Crippen molar-refractivity contribution in [2.24, 2.45) is 4.99 Å². The molecule has 1 N–H and O–H groups in total. The summed E-state index contributed by atoms with van der Waals surface area (Å²) in [6.07, 6.45) is 2.74. The second kappa shape index (κ2) is 5.25. The maximum absolute atomic E-state index is 4.14. The van der Waals surface area contributed by atoms with Crippen LogP contribution in [0.5, 0.6) is 0 Å². The van der Waals surface area contributed by atoms with E-state index in [4.69, 9.17) is 0 Å². The van der Waals surface area contributed by atoms with Gasteiger partial charge >= 0.3 is 21.1 Å². The van der Waals surface area contributed by atoms with Crippen LogP contribution in [0.3, 0.4) is 0 Å². The van der Waals surface area contributed by atoms with Crippen LogP contribution >= 0.6 is 0 Å². The molecular weight excluding hydrogens is 310 g/mol. The molecule has 0 atom stereocenters. The molecule has 0 bridgehead atoms. The molecule has 0 saturated heterocycles. The summed E-state index contributed by atoms with van der Waals surface area (Å²) < 4.78 is 0. The van der Waals surface area contributed by atoms with E-state index in [2.05, 4.69) is 21.2 Å². The molecule has 0 aliphatic heterocycles. The minimum absolute atomic E-state index is 0. The zero-order chi connectivity index (χ0) is 7.40. The van der Waals surface area contributed by atoms with Crippen LogP contribution in [0.1, 0.15) is 12.7 Å². The Balaban J connectivity index is 0.000001000. The van der Waals surface area contributed by atoms with Gasteiger partial charge in [0.05, 0.1) is 0 Å². The Hall–Kier alpha value is -0.432. The first-order valence-corrected chi connectivity index (χ1v) is 3.27. The Kier molecular flexibility index (Phi) is 5.04. The zero-order valence-electron chi connectivity index (χ0n) is 6.59. The first-order chi connectivity index (χ1) is 4.83. The minimum Gasteiger partial charge on any atom is -0.434 e. The predicted octanol–water partition coefficient (Wildman–Crippen LogP) is 0.436. The Morgan fingerprint density at radius 1 is 1.73 bits per heavy atom. The number of H-pyrrole nitrogens is 1. The van der Waals surface area contributed by atoms with Gasteiger partial charge in [-0.2, -0.15) is 0 Å². The Morgan fingerprint density at radius 2 is 2.45 bits per heavy atom. The van der Waals surface area contributed by atoms with Crippen LogP contribution in [0, 0.1) is 13.1 Å². The van der Waals surface area contributed by atoms with Crippen molar-refractivity contribution in [3.8, 4) is 0 Å². The monoisotopic (exact) mass is 320 g/mol. The molecule has 1 aromatic heterocycles. The van der Waals surface area contributed by atoms with Crippen molar-refractivity contribution in [1.82, 2.24) is 9.97 Å². The van der Waals surface area contributed by atoms with Gasteiger partial charge in [0.15, 0.2) is 0 Å². The molecule has 11 heavy (non-hydrogen) atoms. The van der Waals surface area contributed by atoms with Gasteiger partial charge in [-0.3, -0.25) is 0 Å². The third-order valence-corrected chi connectivity index (χ3v) is 1.07. The summed E-state index contributed by atoms with van der Waals surface area (Å²) in [5.41, 5.74) is 0.843. The molecule has 0 amide bonds. The molecule has 1 aromatic rings. The maximum atomic E-state index is 4.14. The fourth-order valence-electron chi connectivity index (χ4n) is 0.695. The Bertz CT molecular complexity index is 266. The van der Waals surface area contributed by atoms with E-state index in [1.54, 1.807) is 6.07 Å². The van der Waals surface area contributed by atoms with Gasteiger partial charge in [0.25, 0.3) is 0 Å². The quantitative estimate of drug-likeness (QED) is 0.750. The fraction of sp³-hybridized carbons (Fsp3) is 0.429. The normalized spacial score (nSPS) is 10.9. The van der Waals surface area contributed by atoms with Crippen LogP contribution in [0.15, 0.2) is 11.1 Å². The molecule has 3 nitrogen and oxygen atoms in total. The smallest absolute Gasteiger partial charge is 0.434 e. The molecule has 0 saturated carbocycles. The fourth-order valence-corrected chi connectivity index (χ4v) is 0.695. The van der Waals surface area contributed by atoms with Crippen molar-refractivity contribution >= 4 is 0 Å². The van der Waals surface area contributed by atoms with Crippen LogP contribution in [0.2, 0.25) is 0 Å². The standard InChI is InChI=1S/C7H10N3.W/c1-3-8-7-4-5-9-6(2)10-7;/h4H,3H2,1-2H3,(H,8,9,10);/q-1;+2. The van der Waals surface area contributed by atoms with E-state index < -0.39 is 0 Å². The van der Waals surface area contributed by atoms with Crippen LogP contribution in [-0.4, -0.2) is 16.5 Å². The van der Waals surface area contributed by atoms with Gasteiger partial charge in [-0.1, -0.05) is 13.1 Å². The number of hydrogen-bond acceptors (Lipinski definition) is 2. The summed E-state index contributed by atoms with van der Waals surface area (Å²) in [6.45, 7) is 4.66. The number of hydrogen-bond donors (Lipinski definition) is 1. The predicted molar refractivity (Wildman–Crippen MR) is 38.3 cm³/mol. The van der Waals surface area contributed by atoms with Crippen molar-refractivity contribution in [1.29, 1.82) is 0 Å². The summed E-state index contributed by atoms with van der Waals surface area (Å²) in [4.78, 5) is 11.0. The van der Waals surface area contributed by atoms with E-state index in [-0.39, 0.29) is 21.1 Å². The number of nitrogens with one attached hydrogen (secondary N) is 1. The molecule has 0 fully saturated rings. The summed E-state index contributed by atoms with van der Waals surface area (Å²) in [6, 6.07) is 1.73. The number of aromatic amines is 1. The first kappa shape index (κ1) is 10.6. The van der Waals surface area contributed by atoms with Crippen LogP contribution in [0.4, 0.5) is 0 Å². The Labute approximate surface area is 80.2 Å². The third kappa shape index (κ3) is 3.47. The number of aromatic nitrogens is 2. The van der Waals surface area contributed by atoms with E-state index in [9.17, 15) is 0 Å². The van der Waals surface area contributed by atoms with Gasteiger partial charge < -0.3 is 15.0 Å². The summed E-state index contributed by atoms with van der Waals surface area (Å²) in [5.74, 6) is 0.842. The zero-order valence-corrected chi connectivity index (χ0v) is 9.52. The Morgan fingerprint density at radius 3 is 3.00 bits per heavy atom. The van der Waals surface area contributed by atoms with Crippen molar-refractivity contribution in [3.63, 3.8) is 0 Å². The van der Waals surface area contributed by atoms with Crippen LogP contribution in [0.25, 0.3) is 0 Å². The molecule has 4 heteroatoms. The average Bonchev–Trinajstić information content (AvgIpc) is 1.88. The van der Waals surface area contributed by atoms with Gasteiger partial charge in [0, 0.05) is 12.0 Å². The molecule has 0 spiro atoms. The molecule has 0 aliphatic carbocycles. The topological polar surface area (TPSA) is 41.0 Å². The number of aryl methyl sites for hydroxylation is 1. The molecule has 0 unspecified atom stereocenters.